The Balaban J connectivity index is 2.15. The molecule has 114 valence electrons. The van der Waals surface area contributed by atoms with Gasteiger partial charge in [-0.3, -0.25) is 0 Å². The maximum atomic E-state index is 12.4. The zero-order chi connectivity index (χ0) is 15.6. The number of hydrogen-bond acceptors (Lipinski definition) is 2. The quantitative estimate of drug-likeness (QED) is 0.853. The number of nitrogens with one attached hydrogen (secondary N) is 1. The van der Waals surface area contributed by atoms with Gasteiger partial charge >= 0.3 is 12.0 Å². The van der Waals surface area contributed by atoms with Crippen LogP contribution in [0.4, 0.5) is 10.5 Å². The molecule has 2 atom stereocenters. The summed E-state index contributed by atoms with van der Waals surface area (Å²) >= 11 is 3.37. The summed E-state index contributed by atoms with van der Waals surface area (Å²) in [6, 6.07) is 4.51. The second-order valence-corrected chi connectivity index (χ2v) is 6.48. The largest absolute Gasteiger partial charge is 0.480 e. The molecular weight excluding hydrogens is 336 g/mol. The van der Waals surface area contributed by atoms with Crippen LogP contribution in [0.1, 0.15) is 25.3 Å². The van der Waals surface area contributed by atoms with Gasteiger partial charge in [-0.15, -0.1) is 0 Å². The van der Waals surface area contributed by atoms with Crippen LogP contribution in [0.25, 0.3) is 0 Å². The number of urea groups is 1. The number of aliphatic carboxylic acids is 1. The Bertz CT molecular complexity index is 562. The minimum atomic E-state index is -0.942. The molecule has 2 rings (SSSR count). The molecule has 1 saturated heterocycles. The van der Waals surface area contributed by atoms with Crippen molar-refractivity contribution in [1.29, 1.82) is 0 Å². The second-order valence-electron chi connectivity index (χ2n) is 5.57. The number of piperidine rings is 1. The molecule has 1 fully saturated rings. The number of benzene rings is 1. The van der Waals surface area contributed by atoms with E-state index in [2.05, 4.69) is 21.2 Å². The summed E-state index contributed by atoms with van der Waals surface area (Å²) in [4.78, 5) is 25.2. The average molecular weight is 355 g/mol. The van der Waals surface area contributed by atoms with Crippen molar-refractivity contribution in [3.63, 3.8) is 0 Å². The molecule has 0 aromatic heterocycles. The minimum Gasteiger partial charge on any atom is -0.480 e. The van der Waals surface area contributed by atoms with Gasteiger partial charge in [0, 0.05) is 16.7 Å². The van der Waals surface area contributed by atoms with Gasteiger partial charge in [0.15, 0.2) is 0 Å². The van der Waals surface area contributed by atoms with Crippen molar-refractivity contribution in [1.82, 2.24) is 4.90 Å². The van der Waals surface area contributed by atoms with Crippen LogP contribution in [0.2, 0.25) is 0 Å². The first-order valence-corrected chi connectivity index (χ1v) is 7.74. The maximum absolute atomic E-state index is 12.4. The van der Waals surface area contributed by atoms with E-state index in [1.165, 1.54) is 4.90 Å². The third-order valence-electron chi connectivity index (χ3n) is 3.85. The van der Waals surface area contributed by atoms with Crippen molar-refractivity contribution >= 4 is 33.6 Å². The highest BCUT2D eigenvalue weighted by atomic mass is 79.9. The van der Waals surface area contributed by atoms with Gasteiger partial charge in [0.1, 0.15) is 6.04 Å². The molecule has 0 bridgehead atoms. The molecule has 0 spiro atoms. The van der Waals surface area contributed by atoms with Gasteiger partial charge in [0.25, 0.3) is 0 Å². The van der Waals surface area contributed by atoms with Crippen LogP contribution >= 0.6 is 15.9 Å². The molecule has 1 aromatic rings. The SMILES string of the molecule is Cc1ccc(Br)cc1NC(=O)N1CCC(C)CC1C(=O)O. The summed E-state index contributed by atoms with van der Waals surface area (Å²) in [7, 11) is 0. The molecule has 1 aromatic carbocycles. The average Bonchev–Trinajstić information content (AvgIpc) is 2.42. The van der Waals surface area contributed by atoms with Crippen molar-refractivity contribution in [3.8, 4) is 0 Å². The Labute approximate surface area is 132 Å². The lowest BCUT2D eigenvalue weighted by Crippen LogP contribution is -2.51. The first-order chi connectivity index (χ1) is 9.88. The number of anilines is 1. The van der Waals surface area contributed by atoms with E-state index in [-0.39, 0.29) is 6.03 Å². The van der Waals surface area contributed by atoms with Crippen molar-refractivity contribution in [2.24, 2.45) is 5.92 Å². The van der Waals surface area contributed by atoms with E-state index in [0.717, 1.165) is 16.5 Å². The molecule has 1 aliphatic rings. The predicted octanol–water partition coefficient (Wildman–Crippen LogP) is 3.47. The lowest BCUT2D eigenvalue weighted by molar-refractivity contribution is -0.143. The molecule has 0 saturated carbocycles. The number of amides is 2. The third-order valence-corrected chi connectivity index (χ3v) is 4.35. The molecule has 0 radical (unpaired) electrons. The molecule has 2 amide bonds. The summed E-state index contributed by atoms with van der Waals surface area (Å²) in [5.74, 6) is -0.620. The topological polar surface area (TPSA) is 69.6 Å². The Morgan fingerprint density at radius 3 is 2.81 bits per heavy atom. The number of hydrogen-bond donors (Lipinski definition) is 2. The number of rotatable bonds is 2. The number of carboxylic acids is 1. The van der Waals surface area contributed by atoms with Crippen molar-refractivity contribution in [2.75, 3.05) is 11.9 Å². The van der Waals surface area contributed by atoms with E-state index in [1.54, 1.807) is 0 Å². The number of nitrogens with zero attached hydrogens (tertiary/aromatic N) is 1. The van der Waals surface area contributed by atoms with Gasteiger partial charge in [-0.05, 0) is 43.4 Å². The Hall–Kier alpha value is -1.56. The van der Waals surface area contributed by atoms with Gasteiger partial charge in [-0.25, -0.2) is 9.59 Å². The number of aryl methyl sites for hydroxylation is 1. The van der Waals surface area contributed by atoms with Crippen LogP contribution < -0.4 is 5.32 Å². The second kappa shape index (κ2) is 6.47. The van der Waals surface area contributed by atoms with Crippen LogP contribution in [0, 0.1) is 12.8 Å². The van der Waals surface area contributed by atoms with Crippen LogP contribution in [-0.4, -0.2) is 34.6 Å². The minimum absolute atomic E-state index is 0.322. The molecule has 6 heteroatoms. The molecule has 2 unspecified atom stereocenters. The number of likely N-dealkylation sites (tertiary alicyclic amines) is 1. The molecule has 0 aliphatic carbocycles. The Kier molecular flexibility index (Phi) is 4.88. The van der Waals surface area contributed by atoms with E-state index in [1.807, 2.05) is 32.0 Å². The number of carboxylic acid groups (broad SMARTS) is 1. The highest BCUT2D eigenvalue weighted by Crippen LogP contribution is 2.25. The standard InChI is InChI=1S/C15H19BrN2O3/c1-9-5-6-18(13(7-9)14(19)20)15(21)17-12-8-11(16)4-3-10(12)2/h3-4,8-9,13H,5-7H2,1-2H3,(H,17,21)(H,19,20). The van der Waals surface area contributed by atoms with Gasteiger partial charge in [0.2, 0.25) is 0 Å². The van der Waals surface area contributed by atoms with Crippen LogP contribution in [0.3, 0.4) is 0 Å². The van der Waals surface area contributed by atoms with Crippen molar-refractivity contribution in [2.45, 2.75) is 32.7 Å². The van der Waals surface area contributed by atoms with E-state index in [4.69, 9.17) is 0 Å². The van der Waals surface area contributed by atoms with Gasteiger partial charge in [-0.2, -0.15) is 0 Å². The zero-order valence-corrected chi connectivity index (χ0v) is 13.7. The summed E-state index contributed by atoms with van der Waals surface area (Å²) in [5, 5.41) is 12.1. The van der Waals surface area contributed by atoms with Crippen molar-refractivity contribution in [3.05, 3.63) is 28.2 Å². The van der Waals surface area contributed by atoms with Crippen LogP contribution in [0.15, 0.2) is 22.7 Å². The van der Waals surface area contributed by atoms with Gasteiger partial charge < -0.3 is 15.3 Å². The normalized spacial score (nSPS) is 22.0. The fraction of sp³-hybridized carbons (Fsp3) is 0.467. The highest BCUT2D eigenvalue weighted by Gasteiger charge is 2.34. The monoisotopic (exact) mass is 354 g/mol. The lowest BCUT2D eigenvalue weighted by Gasteiger charge is -2.36. The van der Waals surface area contributed by atoms with Crippen LogP contribution in [0.5, 0.6) is 0 Å². The number of carbonyl (C=O) groups is 2. The summed E-state index contributed by atoms with van der Waals surface area (Å²) in [6.45, 7) is 4.38. The summed E-state index contributed by atoms with van der Waals surface area (Å²) < 4.78 is 0.866. The zero-order valence-electron chi connectivity index (χ0n) is 12.1. The molecule has 2 N–H and O–H groups in total. The fourth-order valence-electron chi connectivity index (χ4n) is 2.53. The highest BCUT2D eigenvalue weighted by molar-refractivity contribution is 9.10. The van der Waals surface area contributed by atoms with E-state index in [9.17, 15) is 14.7 Å². The first-order valence-electron chi connectivity index (χ1n) is 6.95. The predicted molar refractivity (Wildman–Crippen MR) is 84.4 cm³/mol. The third kappa shape index (κ3) is 3.75. The molecule has 5 nitrogen and oxygen atoms in total. The van der Waals surface area contributed by atoms with E-state index >= 15 is 0 Å². The molecular formula is C15H19BrN2O3. The Morgan fingerprint density at radius 2 is 2.14 bits per heavy atom. The number of halogens is 1. The van der Waals surface area contributed by atoms with Gasteiger partial charge in [0.05, 0.1) is 0 Å². The smallest absolute Gasteiger partial charge is 0.326 e. The fourth-order valence-corrected chi connectivity index (χ4v) is 2.90. The van der Waals surface area contributed by atoms with Crippen molar-refractivity contribution < 1.29 is 14.7 Å². The van der Waals surface area contributed by atoms with Crippen LogP contribution in [-0.2, 0) is 4.79 Å². The van der Waals surface area contributed by atoms with E-state index in [0.29, 0.717) is 24.6 Å². The number of carbonyl (C=O) groups excluding carboxylic acids is 1. The van der Waals surface area contributed by atoms with E-state index < -0.39 is 12.0 Å². The molecule has 1 aliphatic heterocycles. The lowest BCUT2D eigenvalue weighted by atomic mass is 9.93. The first kappa shape index (κ1) is 15.8. The van der Waals surface area contributed by atoms with Gasteiger partial charge in [-0.1, -0.05) is 28.9 Å². The summed E-state index contributed by atoms with van der Waals surface area (Å²) in [6.07, 6.45) is 1.33. The maximum Gasteiger partial charge on any atom is 0.326 e. The molecule has 21 heavy (non-hydrogen) atoms. The Morgan fingerprint density at radius 1 is 1.43 bits per heavy atom. The molecule has 1 heterocycles. The summed E-state index contributed by atoms with van der Waals surface area (Å²) in [5.41, 5.74) is 1.63.